The number of carbonyl (C=O) groups excluding carboxylic acids is 1. The molecular weight excluding hydrogens is 272 g/mol. The average Bonchev–Trinajstić information content (AvgIpc) is 2.44. The molecule has 20 heavy (non-hydrogen) atoms. The maximum absolute atomic E-state index is 12.4. The summed E-state index contributed by atoms with van der Waals surface area (Å²) in [7, 11) is 0. The van der Waals surface area contributed by atoms with Crippen molar-refractivity contribution < 1.29 is 4.79 Å². The Kier molecular flexibility index (Phi) is 4.12. The van der Waals surface area contributed by atoms with E-state index in [1.165, 1.54) is 0 Å². The Morgan fingerprint density at radius 3 is 2.45 bits per heavy atom. The summed E-state index contributed by atoms with van der Waals surface area (Å²) in [6.07, 6.45) is 0. The van der Waals surface area contributed by atoms with E-state index in [4.69, 9.17) is 17.3 Å². The first-order chi connectivity index (χ1) is 9.43. The molecule has 3 N–H and O–H groups in total. The van der Waals surface area contributed by atoms with E-state index in [-0.39, 0.29) is 5.91 Å². The number of anilines is 1. The van der Waals surface area contributed by atoms with Crippen LogP contribution in [0.15, 0.2) is 48.5 Å². The van der Waals surface area contributed by atoms with Crippen LogP contribution in [0.3, 0.4) is 0 Å². The van der Waals surface area contributed by atoms with Crippen molar-refractivity contribution in [3.05, 3.63) is 64.7 Å². The van der Waals surface area contributed by atoms with Crippen molar-refractivity contribution in [3.8, 4) is 0 Å². The van der Waals surface area contributed by atoms with Gasteiger partial charge in [-0.3, -0.25) is 4.79 Å². The van der Waals surface area contributed by atoms with E-state index in [1.54, 1.807) is 25.1 Å². The Morgan fingerprint density at radius 2 is 1.80 bits per heavy atom. The normalized spacial score (nSPS) is 13.6. The Bertz CT molecular complexity index is 624. The summed E-state index contributed by atoms with van der Waals surface area (Å²) in [4.78, 5) is 12.4. The number of carbonyl (C=O) groups is 1. The van der Waals surface area contributed by atoms with Crippen LogP contribution in [-0.2, 0) is 10.3 Å². The number of hydrogen-bond donors (Lipinski definition) is 2. The van der Waals surface area contributed by atoms with Gasteiger partial charge in [0.05, 0.1) is 0 Å². The third kappa shape index (κ3) is 2.84. The summed E-state index contributed by atoms with van der Waals surface area (Å²) in [5, 5.41) is 3.45. The van der Waals surface area contributed by atoms with Gasteiger partial charge in [0.15, 0.2) is 0 Å². The van der Waals surface area contributed by atoms with Gasteiger partial charge in [-0.2, -0.15) is 0 Å². The van der Waals surface area contributed by atoms with Gasteiger partial charge in [-0.15, -0.1) is 0 Å². The Hall–Kier alpha value is -1.84. The highest BCUT2D eigenvalue weighted by molar-refractivity contribution is 6.31. The quantitative estimate of drug-likeness (QED) is 0.909. The highest BCUT2D eigenvalue weighted by Gasteiger charge is 2.30. The topological polar surface area (TPSA) is 55.1 Å². The smallest absolute Gasteiger partial charge is 0.248 e. The van der Waals surface area contributed by atoms with Crippen LogP contribution < -0.4 is 11.1 Å². The average molecular weight is 289 g/mol. The summed E-state index contributed by atoms with van der Waals surface area (Å²) in [5.74, 6) is -0.269. The molecule has 2 aromatic carbocycles. The second-order valence-corrected chi connectivity index (χ2v) is 5.34. The van der Waals surface area contributed by atoms with Crippen molar-refractivity contribution in [2.45, 2.75) is 19.4 Å². The first-order valence-electron chi connectivity index (χ1n) is 6.34. The Morgan fingerprint density at radius 1 is 1.15 bits per heavy atom. The van der Waals surface area contributed by atoms with Gasteiger partial charge >= 0.3 is 0 Å². The minimum atomic E-state index is -1.10. The molecule has 0 spiro atoms. The second-order valence-electron chi connectivity index (χ2n) is 4.93. The van der Waals surface area contributed by atoms with Gasteiger partial charge in [-0.1, -0.05) is 48.0 Å². The number of rotatable bonds is 3. The van der Waals surface area contributed by atoms with Crippen LogP contribution in [0.4, 0.5) is 5.69 Å². The summed E-state index contributed by atoms with van der Waals surface area (Å²) >= 11 is 6.05. The van der Waals surface area contributed by atoms with Gasteiger partial charge in [-0.05, 0) is 37.1 Å². The molecule has 0 saturated carbocycles. The molecule has 0 aliphatic heterocycles. The van der Waals surface area contributed by atoms with Crippen molar-refractivity contribution in [3.63, 3.8) is 0 Å². The van der Waals surface area contributed by atoms with E-state index in [9.17, 15) is 4.79 Å². The van der Waals surface area contributed by atoms with Crippen LogP contribution >= 0.6 is 11.6 Å². The molecule has 2 aromatic rings. The number of amides is 1. The fourth-order valence-electron chi connectivity index (χ4n) is 1.91. The first-order valence-corrected chi connectivity index (χ1v) is 6.71. The highest BCUT2D eigenvalue weighted by Crippen LogP contribution is 2.25. The van der Waals surface area contributed by atoms with E-state index in [0.717, 1.165) is 11.1 Å². The van der Waals surface area contributed by atoms with Crippen LogP contribution in [0.1, 0.15) is 18.1 Å². The Balaban J connectivity index is 2.26. The van der Waals surface area contributed by atoms with Crippen LogP contribution in [0.2, 0.25) is 5.02 Å². The van der Waals surface area contributed by atoms with Crippen LogP contribution in [0.25, 0.3) is 0 Å². The van der Waals surface area contributed by atoms with E-state index in [2.05, 4.69) is 5.32 Å². The molecule has 0 heterocycles. The number of nitrogens with two attached hydrogens (primary N) is 1. The van der Waals surface area contributed by atoms with E-state index in [0.29, 0.717) is 10.7 Å². The van der Waals surface area contributed by atoms with Gasteiger partial charge in [-0.25, -0.2) is 0 Å². The lowest BCUT2D eigenvalue weighted by Crippen LogP contribution is -2.45. The van der Waals surface area contributed by atoms with Gasteiger partial charge in [0, 0.05) is 10.7 Å². The minimum Gasteiger partial charge on any atom is -0.324 e. The molecule has 4 heteroatoms. The first kappa shape index (κ1) is 14.6. The molecule has 1 amide bonds. The van der Waals surface area contributed by atoms with Gasteiger partial charge in [0.2, 0.25) is 5.91 Å². The third-order valence-electron chi connectivity index (χ3n) is 3.36. The lowest BCUT2D eigenvalue weighted by molar-refractivity contribution is -0.120. The SMILES string of the molecule is Cc1c(Cl)cccc1NC(=O)C(C)(N)c1ccccc1. The molecule has 2 rings (SSSR count). The molecule has 104 valence electrons. The molecule has 0 saturated heterocycles. The highest BCUT2D eigenvalue weighted by atomic mass is 35.5. The maximum Gasteiger partial charge on any atom is 0.248 e. The molecular formula is C16H17ClN2O. The van der Waals surface area contributed by atoms with Crippen molar-refractivity contribution in [1.29, 1.82) is 0 Å². The molecule has 0 fully saturated rings. The number of nitrogens with one attached hydrogen (secondary N) is 1. The van der Waals surface area contributed by atoms with Crippen molar-refractivity contribution in [2.24, 2.45) is 5.73 Å². The zero-order valence-corrected chi connectivity index (χ0v) is 12.2. The molecule has 0 aliphatic rings. The molecule has 0 aliphatic carbocycles. The lowest BCUT2D eigenvalue weighted by Gasteiger charge is -2.24. The molecule has 0 bridgehead atoms. The molecule has 1 unspecified atom stereocenters. The van der Waals surface area contributed by atoms with Gasteiger partial charge < -0.3 is 11.1 Å². The summed E-state index contributed by atoms with van der Waals surface area (Å²) in [5.41, 5.74) is 7.33. The number of benzene rings is 2. The molecule has 0 radical (unpaired) electrons. The molecule has 3 nitrogen and oxygen atoms in total. The molecule has 0 aromatic heterocycles. The number of halogens is 1. The van der Waals surface area contributed by atoms with Crippen LogP contribution in [0.5, 0.6) is 0 Å². The van der Waals surface area contributed by atoms with Crippen molar-refractivity contribution in [1.82, 2.24) is 0 Å². The fraction of sp³-hybridized carbons (Fsp3) is 0.188. The third-order valence-corrected chi connectivity index (χ3v) is 3.77. The fourth-order valence-corrected chi connectivity index (χ4v) is 2.09. The summed E-state index contributed by atoms with van der Waals surface area (Å²) in [6, 6.07) is 14.7. The number of hydrogen-bond acceptors (Lipinski definition) is 2. The lowest BCUT2D eigenvalue weighted by atomic mass is 9.92. The van der Waals surface area contributed by atoms with Crippen molar-refractivity contribution >= 4 is 23.2 Å². The van der Waals surface area contributed by atoms with E-state index in [1.807, 2.05) is 37.3 Å². The standard InChI is InChI=1S/C16H17ClN2O/c1-11-13(17)9-6-10-14(11)19-15(20)16(2,18)12-7-4-3-5-8-12/h3-10H,18H2,1-2H3,(H,19,20). The predicted molar refractivity (Wildman–Crippen MR) is 82.8 cm³/mol. The largest absolute Gasteiger partial charge is 0.324 e. The van der Waals surface area contributed by atoms with Crippen LogP contribution in [-0.4, -0.2) is 5.91 Å². The minimum absolute atomic E-state index is 0.269. The zero-order valence-electron chi connectivity index (χ0n) is 11.5. The van der Waals surface area contributed by atoms with Gasteiger partial charge in [0.1, 0.15) is 5.54 Å². The predicted octanol–water partition coefficient (Wildman–Crippen LogP) is 3.46. The van der Waals surface area contributed by atoms with Crippen molar-refractivity contribution in [2.75, 3.05) is 5.32 Å². The van der Waals surface area contributed by atoms with Gasteiger partial charge in [0.25, 0.3) is 0 Å². The monoisotopic (exact) mass is 288 g/mol. The zero-order chi connectivity index (χ0) is 14.8. The Labute approximate surface area is 123 Å². The van der Waals surface area contributed by atoms with E-state index < -0.39 is 5.54 Å². The second kappa shape index (κ2) is 5.65. The van der Waals surface area contributed by atoms with Crippen LogP contribution in [0, 0.1) is 6.92 Å². The summed E-state index contributed by atoms with van der Waals surface area (Å²) in [6.45, 7) is 3.55. The summed E-state index contributed by atoms with van der Waals surface area (Å²) < 4.78 is 0. The maximum atomic E-state index is 12.4. The molecule has 1 atom stereocenters. The van der Waals surface area contributed by atoms with E-state index >= 15 is 0 Å².